The third-order valence-corrected chi connectivity index (χ3v) is 5.38. The number of carbonyl (C=O) groups excluding carboxylic acids is 1. The number of aryl methyl sites for hydroxylation is 1. The number of likely N-dealkylation sites (tertiary alicyclic amines) is 1. The molecule has 0 atom stereocenters. The molecule has 0 bridgehead atoms. The summed E-state index contributed by atoms with van der Waals surface area (Å²) in [4.78, 5) is 16.6. The van der Waals surface area contributed by atoms with Gasteiger partial charge in [-0.2, -0.15) is 0 Å². The van der Waals surface area contributed by atoms with Gasteiger partial charge >= 0.3 is 0 Å². The molecule has 6 nitrogen and oxygen atoms in total. The highest BCUT2D eigenvalue weighted by atomic mass is 32.2. The molecular weight excluding hydrogens is 333 g/mol. The Morgan fingerprint density at radius 2 is 1.96 bits per heavy atom. The SMILES string of the molecule is Cc1ccc(NS(=O)(=O)c2c[nH]c(C(=O)N3CCCC3)c2)cc1F. The maximum absolute atomic E-state index is 13.5. The van der Waals surface area contributed by atoms with Crippen LogP contribution in [0.5, 0.6) is 0 Å². The van der Waals surface area contributed by atoms with E-state index in [4.69, 9.17) is 0 Å². The van der Waals surface area contributed by atoms with Crippen molar-refractivity contribution in [3.8, 4) is 0 Å². The Labute approximate surface area is 139 Å². The molecule has 0 spiro atoms. The minimum Gasteiger partial charge on any atom is -0.356 e. The van der Waals surface area contributed by atoms with Gasteiger partial charge in [-0.1, -0.05) is 6.07 Å². The van der Waals surface area contributed by atoms with Gasteiger partial charge in [0.25, 0.3) is 15.9 Å². The normalized spacial score (nSPS) is 14.8. The van der Waals surface area contributed by atoms with E-state index in [1.165, 1.54) is 24.4 Å². The second-order valence-electron chi connectivity index (χ2n) is 5.82. The predicted molar refractivity (Wildman–Crippen MR) is 87.9 cm³/mol. The number of sulfonamides is 1. The van der Waals surface area contributed by atoms with Crippen LogP contribution in [-0.4, -0.2) is 37.3 Å². The molecule has 1 aliphatic rings. The number of carbonyl (C=O) groups is 1. The molecule has 1 saturated heterocycles. The number of aromatic amines is 1. The summed E-state index contributed by atoms with van der Waals surface area (Å²) >= 11 is 0. The van der Waals surface area contributed by atoms with Crippen LogP contribution in [0, 0.1) is 12.7 Å². The van der Waals surface area contributed by atoms with Crippen molar-refractivity contribution in [2.45, 2.75) is 24.7 Å². The van der Waals surface area contributed by atoms with E-state index in [1.54, 1.807) is 11.8 Å². The molecule has 1 aliphatic heterocycles. The lowest BCUT2D eigenvalue weighted by Crippen LogP contribution is -2.27. The van der Waals surface area contributed by atoms with Gasteiger partial charge in [-0.25, -0.2) is 12.8 Å². The minimum atomic E-state index is -3.90. The van der Waals surface area contributed by atoms with Crippen LogP contribution in [0.4, 0.5) is 10.1 Å². The van der Waals surface area contributed by atoms with Gasteiger partial charge in [0.1, 0.15) is 16.4 Å². The molecular formula is C16H18FN3O3S. The van der Waals surface area contributed by atoms with Crippen molar-refractivity contribution in [2.75, 3.05) is 17.8 Å². The van der Waals surface area contributed by atoms with Gasteiger partial charge in [-0.05, 0) is 43.5 Å². The number of benzene rings is 1. The first-order valence-corrected chi connectivity index (χ1v) is 9.12. The number of anilines is 1. The number of H-pyrrole nitrogens is 1. The molecule has 24 heavy (non-hydrogen) atoms. The van der Waals surface area contributed by atoms with Crippen molar-refractivity contribution in [2.24, 2.45) is 0 Å². The van der Waals surface area contributed by atoms with Crippen molar-refractivity contribution in [1.29, 1.82) is 0 Å². The van der Waals surface area contributed by atoms with Gasteiger partial charge < -0.3 is 9.88 Å². The topological polar surface area (TPSA) is 82.3 Å². The molecule has 3 rings (SSSR count). The minimum absolute atomic E-state index is 0.0639. The lowest BCUT2D eigenvalue weighted by molar-refractivity contribution is 0.0787. The first kappa shape index (κ1) is 16.5. The van der Waals surface area contributed by atoms with Gasteiger partial charge in [0.2, 0.25) is 0 Å². The third kappa shape index (κ3) is 3.28. The van der Waals surface area contributed by atoms with E-state index < -0.39 is 15.8 Å². The number of aromatic nitrogens is 1. The lowest BCUT2D eigenvalue weighted by Gasteiger charge is -2.13. The van der Waals surface area contributed by atoms with Gasteiger partial charge in [0, 0.05) is 19.3 Å². The Bertz CT molecular complexity index is 870. The molecule has 1 fully saturated rings. The van der Waals surface area contributed by atoms with E-state index in [0.717, 1.165) is 18.9 Å². The Hall–Kier alpha value is -2.35. The second-order valence-corrected chi connectivity index (χ2v) is 7.50. The van der Waals surface area contributed by atoms with Crippen LogP contribution in [0.1, 0.15) is 28.9 Å². The lowest BCUT2D eigenvalue weighted by atomic mass is 10.2. The Kier molecular flexibility index (Phi) is 4.31. The highest BCUT2D eigenvalue weighted by molar-refractivity contribution is 7.92. The zero-order valence-corrected chi connectivity index (χ0v) is 14.0. The van der Waals surface area contributed by atoms with Gasteiger partial charge in [-0.3, -0.25) is 9.52 Å². The summed E-state index contributed by atoms with van der Waals surface area (Å²) in [6.07, 6.45) is 3.17. The van der Waals surface area contributed by atoms with Crippen LogP contribution in [0.15, 0.2) is 35.4 Å². The van der Waals surface area contributed by atoms with Crippen molar-refractivity contribution in [3.63, 3.8) is 0 Å². The Morgan fingerprint density at radius 1 is 1.25 bits per heavy atom. The fourth-order valence-electron chi connectivity index (χ4n) is 2.61. The van der Waals surface area contributed by atoms with E-state index >= 15 is 0 Å². The van der Waals surface area contributed by atoms with E-state index in [0.29, 0.717) is 18.7 Å². The van der Waals surface area contributed by atoms with Crippen LogP contribution in [-0.2, 0) is 10.0 Å². The fraction of sp³-hybridized carbons (Fsp3) is 0.312. The highest BCUT2D eigenvalue weighted by Gasteiger charge is 2.23. The molecule has 1 aromatic heterocycles. The summed E-state index contributed by atoms with van der Waals surface area (Å²) < 4.78 is 40.6. The predicted octanol–water partition coefficient (Wildman–Crippen LogP) is 2.50. The summed E-state index contributed by atoms with van der Waals surface area (Å²) in [5.74, 6) is -0.704. The maximum atomic E-state index is 13.5. The number of halogens is 1. The van der Waals surface area contributed by atoms with Gasteiger partial charge in [-0.15, -0.1) is 0 Å². The molecule has 8 heteroatoms. The van der Waals surface area contributed by atoms with Crippen molar-refractivity contribution < 1.29 is 17.6 Å². The van der Waals surface area contributed by atoms with Crippen molar-refractivity contribution in [1.82, 2.24) is 9.88 Å². The van der Waals surface area contributed by atoms with Gasteiger partial charge in [0.15, 0.2) is 0 Å². The molecule has 2 heterocycles. The quantitative estimate of drug-likeness (QED) is 0.888. The molecule has 128 valence electrons. The summed E-state index contributed by atoms with van der Waals surface area (Å²) in [5, 5.41) is 0. The third-order valence-electron chi connectivity index (χ3n) is 4.01. The summed E-state index contributed by atoms with van der Waals surface area (Å²) in [6.45, 7) is 2.96. The number of rotatable bonds is 4. The van der Waals surface area contributed by atoms with E-state index in [-0.39, 0.29) is 22.2 Å². The average molecular weight is 351 g/mol. The Morgan fingerprint density at radius 3 is 2.62 bits per heavy atom. The van der Waals surface area contributed by atoms with Crippen molar-refractivity contribution in [3.05, 3.63) is 47.5 Å². The van der Waals surface area contributed by atoms with E-state index in [1.807, 2.05) is 0 Å². The van der Waals surface area contributed by atoms with Crippen LogP contribution in [0.3, 0.4) is 0 Å². The van der Waals surface area contributed by atoms with Crippen LogP contribution >= 0.6 is 0 Å². The molecule has 2 N–H and O–H groups in total. The standard InChI is InChI=1S/C16H18FN3O3S/c1-11-4-5-12(8-14(11)17)19-24(22,23)13-9-15(18-10-13)16(21)20-6-2-3-7-20/h4-5,8-10,18-19H,2-3,6-7H2,1H3. The van der Waals surface area contributed by atoms with Crippen LogP contribution in [0.25, 0.3) is 0 Å². The summed E-state index contributed by atoms with van der Waals surface area (Å²) in [7, 11) is -3.90. The number of nitrogens with one attached hydrogen (secondary N) is 2. The van der Waals surface area contributed by atoms with Crippen LogP contribution < -0.4 is 4.72 Å². The van der Waals surface area contributed by atoms with E-state index in [9.17, 15) is 17.6 Å². The molecule has 0 aliphatic carbocycles. The molecule has 1 aromatic carbocycles. The smallest absolute Gasteiger partial charge is 0.270 e. The highest BCUT2D eigenvalue weighted by Crippen LogP contribution is 2.20. The number of amides is 1. The fourth-order valence-corrected chi connectivity index (χ4v) is 3.66. The second kappa shape index (κ2) is 6.27. The Balaban J connectivity index is 1.79. The van der Waals surface area contributed by atoms with Gasteiger partial charge in [0.05, 0.1) is 5.69 Å². The monoisotopic (exact) mass is 351 g/mol. The molecule has 0 saturated carbocycles. The number of hydrogen-bond donors (Lipinski definition) is 2. The molecule has 0 radical (unpaired) electrons. The summed E-state index contributed by atoms with van der Waals surface area (Å²) in [6, 6.07) is 5.40. The summed E-state index contributed by atoms with van der Waals surface area (Å²) in [5.41, 5.74) is 0.789. The molecule has 2 aromatic rings. The maximum Gasteiger partial charge on any atom is 0.270 e. The average Bonchev–Trinajstić information content (AvgIpc) is 3.21. The number of hydrogen-bond acceptors (Lipinski definition) is 3. The van der Waals surface area contributed by atoms with E-state index in [2.05, 4.69) is 9.71 Å². The first-order valence-electron chi connectivity index (χ1n) is 7.63. The largest absolute Gasteiger partial charge is 0.356 e. The first-order chi connectivity index (χ1) is 11.4. The van der Waals surface area contributed by atoms with Crippen LogP contribution in [0.2, 0.25) is 0 Å². The zero-order chi connectivity index (χ0) is 17.3. The molecule has 1 amide bonds. The van der Waals surface area contributed by atoms with Crippen molar-refractivity contribution >= 4 is 21.6 Å². The number of nitrogens with zero attached hydrogens (tertiary/aromatic N) is 1. The zero-order valence-electron chi connectivity index (χ0n) is 13.2. The molecule has 0 unspecified atom stereocenters.